The third-order valence-corrected chi connectivity index (χ3v) is 24.2. The Hall–Kier alpha value is -14.8. The molecular formula is C102H90N2O24. The highest BCUT2D eigenvalue weighted by Gasteiger charge is 2.47. The fourth-order valence-electron chi connectivity index (χ4n) is 18.4. The predicted molar refractivity (Wildman–Crippen MR) is 470 cm³/mol. The lowest BCUT2D eigenvalue weighted by atomic mass is 9.80. The van der Waals surface area contributed by atoms with E-state index in [1.807, 2.05) is 0 Å². The highest BCUT2D eigenvalue weighted by molar-refractivity contribution is 6.45. The minimum absolute atomic E-state index is 0.0256. The van der Waals surface area contributed by atoms with Crippen molar-refractivity contribution in [2.24, 2.45) is 0 Å². The lowest BCUT2D eigenvalue weighted by Gasteiger charge is -2.35. The Morgan fingerprint density at radius 3 is 0.742 bits per heavy atom. The number of hydrogen-bond acceptors (Lipinski definition) is 22. The smallest absolute Gasteiger partial charge is 0.330 e. The first-order valence-corrected chi connectivity index (χ1v) is 42.9. The van der Waals surface area contributed by atoms with Crippen molar-refractivity contribution in [2.45, 2.75) is 176 Å². The second-order valence-electron chi connectivity index (χ2n) is 32.7. The summed E-state index contributed by atoms with van der Waals surface area (Å²) in [5.74, 6) is -7.76. The summed E-state index contributed by atoms with van der Waals surface area (Å²) in [7, 11) is 0. The van der Waals surface area contributed by atoms with Crippen molar-refractivity contribution in [3.05, 3.63) is 266 Å². The zero-order chi connectivity index (χ0) is 89.0. The first-order valence-electron chi connectivity index (χ1n) is 42.9. The molecule has 4 fully saturated rings. The number of fused-ring (bicyclic) bond motifs is 2. The number of carboxylic acids is 2. The molecule has 6 aliphatic rings. The number of imide groups is 2. The number of carbonyl (C=O) groups excluding carboxylic acids is 8. The van der Waals surface area contributed by atoms with E-state index in [0.717, 1.165) is 24.3 Å². The number of rotatable bonds is 32. The van der Waals surface area contributed by atoms with Crippen LogP contribution in [0.4, 0.5) is 0 Å². The summed E-state index contributed by atoms with van der Waals surface area (Å²) < 4.78 is 78.1. The lowest BCUT2D eigenvalue weighted by molar-refractivity contribution is -0.146. The number of ether oxygens (including phenoxy) is 12. The van der Waals surface area contributed by atoms with Crippen molar-refractivity contribution in [3.63, 3.8) is 0 Å². The van der Waals surface area contributed by atoms with Crippen LogP contribution in [0, 0.1) is 0 Å². The van der Waals surface area contributed by atoms with Crippen molar-refractivity contribution in [1.29, 1.82) is 0 Å². The third-order valence-electron chi connectivity index (χ3n) is 24.2. The first kappa shape index (κ1) is 85.4. The number of benzene rings is 11. The number of aliphatic carboxylic acids is 2. The van der Waals surface area contributed by atoms with Crippen LogP contribution in [0.2, 0.25) is 0 Å². The number of carboxylic acid groups (broad SMARTS) is 2. The van der Waals surface area contributed by atoms with Gasteiger partial charge in [-0.05, 0) is 210 Å². The Kier molecular flexibility index (Phi) is 24.8. The Morgan fingerprint density at radius 2 is 0.523 bits per heavy atom. The van der Waals surface area contributed by atoms with Crippen molar-refractivity contribution < 1.29 is 115 Å². The van der Waals surface area contributed by atoms with Crippen LogP contribution >= 0.6 is 0 Å². The van der Waals surface area contributed by atoms with E-state index in [1.165, 1.54) is 24.3 Å². The van der Waals surface area contributed by atoms with E-state index < -0.39 is 95.9 Å². The van der Waals surface area contributed by atoms with Gasteiger partial charge in [0.2, 0.25) is 0 Å². The molecule has 11 aromatic rings. The predicted octanol–water partition coefficient (Wildman–Crippen LogP) is 19.2. The normalized spacial score (nSPS) is 20.1. The van der Waals surface area contributed by atoms with Crippen LogP contribution in [0.1, 0.15) is 155 Å². The molecule has 2 aliphatic heterocycles. The number of nitrogens with zero attached hydrogens (tertiary/aromatic N) is 2. The molecule has 11 aromatic carbocycles. The maximum Gasteiger partial charge on any atom is 0.330 e. The molecule has 4 aliphatic carbocycles. The van der Waals surface area contributed by atoms with Gasteiger partial charge < -0.3 is 67.1 Å². The quantitative estimate of drug-likeness (QED) is 0.00987. The van der Waals surface area contributed by atoms with E-state index in [-0.39, 0.29) is 149 Å². The number of carbonyl (C=O) groups is 10. The maximum atomic E-state index is 16.4. The molecule has 26 nitrogen and oxygen atoms in total. The van der Waals surface area contributed by atoms with Crippen LogP contribution in [0.3, 0.4) is 0 Å². The summed E-state index contributed by atoms with van der Waals surface area (Å²) in [5, 5.41) is 23.2. The summed E-state index contributed by atoms with van der Waals surface area (Å²) in [4.78, 5) is 145. The van der Waals surface area contributed by atoms with E-state index >= 15 is 19.2 Å². The molecule has 17 rings (SSSR count). The molecule has 128 heavy (non-hydrogen) atoms. The zero-order valence-electron chi connectivity index (χ0n) is 69.7. The van der Waals surface area contributed by atoms with Crippen molar-refractivity contribution in [3.8, 4) is 69.0 Å². The Morgan fingerprint density at radius 1 is 0.305 bits per heavy atom. The summed E-state index contributed by atoms with van der Waals surface area (Å²) in [6, 6.07) is 45.4. The largest absolute Gasteiger partial charge is 0.490 e. The summed E-state index contributed by atoms with van der Waals surface area (Å²) >= 11 is 0. The fraction of sp³-hybridized carbons (Fsp3) is 0.275. The van der Waals surface area contributed by atoms with Gasteiger partial charge in [-0.3, -0.25) is 29.0 Å². The van der Waals surface area contributed by atoms with Crippen molar-refractivity contribution in [1.82, 2.24) is 9.80 Å². The van der Waals surface area contributed by atoms with Crippen LogP contribution in [-0.4, -0.2) is 140 Å². The highest BCUT2D eigenvalue weighted by atomic mass is 16.6. The second kappa shape index (κ2) is 37.2. The van der Waals surface area contributed by atoms with Gasteiger partial charge in [0.05, 0.1) is 22.3 Å². The van der Waals surface area contributed by atoms with Gasteiger partial charge in [-0.1, -0.05) is 87.0 Å². The summed E-state index contributed by atoms with van der Waals surface area (Å²) in [6.45, 7) is 14.2. The fourth-order valence-corrected chi connectivity index (χ4v) is 18.4. The van der Waals surface area contributed by atoms with Gasteiger partial charge in [-0.2, -0.15) is 0 Å². The van der Waals surface area contributed by atoms with E-state index in [0.29, 0.717) is 147 Å². The standard InChI is InChI=1S/C102H90N2O24/c1-5-85(105)125-71-27-15-23-67(49-71)117-59-31-39-63(40-32-59)121-81-53-75-89-76(98(110)103(97(75)109)79(101(113)114)47-57-19-11-9-12-20-57)55-83(123-65-43-35-61(36-44-65)119-69-25-17-29-73(51-69)127-87(107)7-3)93-94-84(124-66-45-37-62(38-46-66)120-70-26-18-30-74(52-70)128-88(108)8-4)56-78-90-77(99(111)104(100(78)112)80(102(115)116)48-58-21-13-10-14-22-58)54-82(92(96(90)94)91(81)95(89)93)122-64-41-33-60(34-42-64)118-68-24-16-28-72(50-68)126-86(106)6-2/h5-14,19-22,31-46,53-56,67-74,79-80H,1-4,15-18,23-30,47-52H2,(H,113,114)(H,115,116). The SMILES string of the molecule is C=CC(=O)OC1CCCC(Oc2ccc(Oc3cc4c5c(cc(Oc6ccc(OC7CCCC(OC(=O)C=C)C7)cc6)c6c7c(Oc8ccc(OC9CCCC(OC(=O)C=C)C9)cc8)cc8c9c(cc(Oc%10ccc(OC%11CCCC(OC(=O)C=C)C%11)cc%10)c(c3c56)c97)C(=O)N(C(Cc3ccccc3)C(=O)O)C8=O)C(=O)N(C(Cc3ccccc3)C(=O)O)C4=O)cc2)C1. The lowest BCUT2D eigenvalue weighted by Crippen LogP contribution is -2.51. The van der Waals surface area contributed by atoms with Crippen LogP contribution in [-0.2, 0) is 60.6 Å². The topological polar surface area (TPSA) is 328 Å². The highest BCUT2D eigenvalue weighted by Crippen LogP contribution is 2.59. The van der Waals surface area contributed by atoms with Crippen LogP contribution < -0.4 is 37.9 Å². The van der Waals surface area contributed by atoms with Crippen LogP contribution in [0.15, 0.2) is 233 Å². The van der Waals surface area contributed by atoms with Crippen molar-refractivity contribution in [2.75, 3.05) is 0 Å². The zero-order valence-corrected chi connectivity index (χ0v) is 69.7. The van der Waals surface area contributed by atoms with Gasteiger partial charge in [0.25, 0.3) is 23.6 Å². The van der Waals surface area contributed by atoms with Gasteiger partial charge in [-0.15, -0.1) is 0 Å². The van der Waals surface area contributed by atoms with E-state index in [1.54, 1.807) is 158 Å². The van der Waals surface area contributed by atoms with Gasteiger partial charge in [0.15, 0.2) is 0 Å². The molecule has 10 atom stereocenters. The molecule has 0 saturated heterocycles. The maximum absolute atomic E-state index is 16.4. The number of amides is 4. The molecule has 0 bridgehead atoms. The second-order valence-corrected chi connectivity index (χ2v) is 32.7. The molecule has 26 heteroatoms. The molecule has 4 amide bonds. The van der Waals surface area contributed by atoms with Crippen LogP contribution in [0.25, 0.3) is 43.1 Å². The monoisotopic (exact) mass is 1730 g/mol. The van der Waals surface area contributed by atoms with E-state index in [2.05, 4.69) is 26.3 Å². The summed E-state index contributed by atoms with van der Waals surface area (Å²) in [6.07, 6.45) is 10.0. The molecule has 2 N–H and O–H groups in total. The Labute approximate surface area is 735 Å². The van der Waals surface area contributed by atoms with Gasteiger partial charge >= 0.3 is 35.8 Å². The third kappa shape index (κ3) is 18.1. The number of esters is 4. The Bertz CT molecular complexity index is 5530. The first-order chi connectivity index (χ1) is 62.1. The average Bonchev–Trinajstić information content (AvgIpc) is 0.668. The molecule has 0 aromatic heterocycles. The van der Waals surface area contributed by atoms with Gasteiger partial charge in [0.1, 0.15) is 130 Å². The molecular weight excluding hydrogens is 1640 g/mol. The summed E-state index contributed by atoms with van der Waals surface area (Å²) in [5.41, 5.74) is 0.0977. The molecule has 10 unspecified atom stereocenters. The molecule has 652 valence electrons. The number of hydrogen-bond donors (Lipinski definition) is 2. The molecule has 0 radical (unpaired) electrons. The average molecular weight is 1730 g/mol. The van der Waals surface area contributed by atoms with E-state index in [9.17, 15) is 39.0 Å². The Balaban J connectivity index is 0.921. The van der Waals surface area contributed by atoms with Crippen LogP contribution in [0.5, 0.6) is 69.0 Å². The minimum atomic E-state index is -1.83. The molecule has 0 spiro atoms. The van der Waals surface area contributed by atoms with Crippen molar-refractivity contribution >= 4 is 103 Å². The van der Waals surface area contributed by atoms with Gasteiger partial charge in [-0.25, -0.2) is 28.8 Å². The minimum Gasteiger partial charge on any atom is -0.490 e. The van der Waals surface area contributed by atoms with Gasteiger partial charge in [0, 0.05) is 106 Å². The molecule has 4 saturated carbocycles. The van der Waals surface area contributed by atoms with E-state index in [4.69, 9.17) is 56.8 Å². The molecule has 2 heterocycles.